The predicted octanol–water partition coefficient (Wildman–Crippen LogP) is 6.14. The Kier molecular flexibility index (Phi) is 7.37. The van der Waals surface area contributed by atoms with Crippen molar-refractivity contribution in [3.63, 3.8) is 0 Å². The Morgan fingerprint density at radius 2 is 1.72 bits per heavy atom. The Labute approximate surface area is 207 Å². The Morgan fingerprint density at radius 3 is 2.50 bits per heavy atom. The lowest BCUT2D eigenvalue weighted by Gasteiger charge is -2.12. The van der Waals surface area contributed by atoms with Crippen molar-refractivity contribution in [3.8, 4) is 17.6 Å². The number of halogens is 1. The average Bonchev–Trinajstić information content (AvgIpc) is 2.89. The molecular weight excluding hydrogens is 459 g/mol. The summed E-state index contributed by atoms with van der Waals surface area (Å²) in [6.45, 7) is 2.08. The van der Waals surface area contributed by atoms with Crippen molar-refractivity contribution in [2.24, 2.45) is 0 Å². The molecule has 6 nitrogen and oxygen atoms in total. The number of carbonyl (C=O) groups is 2. The second-order valence-corrected chi connectivity index (χ2v) is 7.66. The normalized spacial score (nSPS) is 11.0. The van der Waals surface area contributed by atoms with Crippen LogP contribution in [0.3, 0.4) is 0 Å². The van der Waals surface area contributed by atoms with Crippen LogP contribution < -0.4 is 14.8 Å². The number of nitrogens with one attached hydrogen (secondary N) is 1. The van der Waals surface area contributed by atoms with Gasteiger partial charge >= 0.3 is 5.97 Å². The standard InChI is InChI=1S/C29H21FN2O4/c1-2-35-27-17-19(16-21(18-31)28(33)32-25-13-6-5-12-24(25)30)14-15-26(27)36-29(34)23-11-7-9-20-8-3-4-10-22(20)23/h3-17H,2H2,1H3,(H,32,33)/b21-16-. The fourth-order valence-corrected chi connectivity index (χ4v) is 3.59. The summed E-state index contributed by atoms with van der Waals surface area (Å²) in [4.78, 5) is 25.5. The number of carbonyl (C=O) groups excluding carboxylic acids is 2. The highest BCUT2D eigenvalue weighted by Crippen LogP contribution is 2.31. The van der Waals surface area contributed by atoms with Gasteiger partial charge in [0.25, 0.3) is 5.91 Å². The van der Waals surface area contributed by atoms with Crippen molar-refractivity contribution in [2.75, 3.05) is 11.9 Å². The second kappa shape index (κ2) is 11.0. The van der Waals surface area contributed by atoms with E-state index in [0.29, 0.717) is 17.7 Å². The number of nitrogens with zero attached hydrogens (tertiary/aromatic N) is 1. The van der Waals surface area contributed by atoms with E-state index in [1.54, 1.807) is 37.3 Å². The Morgan fingerprint density at radius 1 is 0.972 bits per heavy atom. The largest absolute Gasteiger partial charge is 0.490 e. The van der Waals surface area contributed by atoms with Crippen LogP contribution in [0.5, 0.6) is 11.5 Å². The number of benzene rings is 4. The van der Waals surface area contributed by atoms with Gasteiger partial charge in [-0.15, -0.1) is 0 Å². The van der Waals surface area contributed by atoms with Crippen LogP contribution in [0.2, 0.25) is 0 Å². The van der Waals surface area contributed by atoms with Gasteiger partial charge < -0.3 is 14.8 Å². The smallest absolute Gasteiger partial charge is 0.344 e. The summed E-state index contributed by atoms with van der Waals surface area (Å²) in [5.41, 5.74) is 0.607. The first-order valence-electron chi connectivity index (χ1n) is 11.1. The Bertz CT molecular complexity index is 1520. The molecule has 0 aliphatic rings. The first-order chi connectivity index (χ1) is 17.5. The number of ether oxygens (including phenoxy) is 2. The zero-order valence-electron chi connectivity index (χ0n) is 19.3. The van der Waals surface area contributed by atoms with Crippen LogP contribution in [0.4, 0.5) is 10.1 Å². The molecule has 0 saturated heterocycles. The molecule has 0 unspecified atom stereocenters. The molecule has 178 valence electrons. The zero-order valence-corrected chi connectivity index (χ0v) is 19.3. The molecule has 0 radical (unpaired) electrons. The number of esters is 1. The summed E-state index contributed by atoms with van der Waals surface area (Å²) in [5.74, 6) is -1.45. The van der Waals surface area contributed by atoms with Gasteiger partial charge in [0.05, 0.1) is 17.9 Å². The van der Waals surface area contributed by atoms with Crippen LogP contribution in [0, 0.1) is 17.1 Å². The fourth-order valence-electron chi connectivity index (χ4n) is 3.59. The number of rotatable bonds is 7. The molecule has 1 amide bonds. The molecule has 0 aromatic heterocycles. The monoisotopic (exact) mass is 480 g/mol. The third-order valence-corrected chi connectivity index (χ3v) is 5.28. The second-order valence-electron chi connectivity index (χ2n) is 7.66. The molecule has 7 heteroatoms. The summed E-state index contributed by atoms with van der Waals surface area (Å²) in [7, 11) is 0. The molecule has 36 heavy (non-hydrogen) atoms. The van der Waals surface area contributed by atoms with E-state index in [-0.39, 0.29) is 22.8 Å². The maximum atomic E-state index is 13.9. The minimum atomic E-state index is -0.757. The number of fused-ring (bicyclic) bond motifs is 1. The average molecular weight is 480 g/mol. The van der Waals surface area contributed by atoms with Gasteiger partial charge in [-0.1, -0.05) is 54.6 Å². The number of nitriles is 1. The summed E-state index contributed by atoms with van der Waals surface area (Å²) in [6, 6.07) is 25.1. The molecule has 0 bridgehead atoms. The van der Waals surface area contributed by atoms with E-state index in [9.17, 15) is 19.2 Å². The van der Waals surface area contributed by atoms with Crippen LogP contribution in [-0.2, 0) is 4.79 Å². The van der Waals surface area contributed by atoms with Crippen LogP contribution in [-0.4, -0.2) is 18.5 Å². The third kappa shape index (κ3) is 5.40. The molecule has 4 rings (SSSR count). The van der Waals surface area contributed by atoms with Gasteiger partial charge in [-0.3, -0.25) is 4.79 Å². The highest BCUT2D eigenvalue weighted by Gasteiger charge is 2.17. The van der Waals surface area contributed by atoms with Gasteiger partial charge in [0.1, 0.15) is 17.5 Å². The molecule has 1 N–H and O–H groups in total. The lowest BCUT2D eigenvalue weighted by molar-refractivity contribution is -0.112. The number of hydrogen-bond acceptors (Lipinski definition) is 5. The number of hydrogen-bond donors (Lipinski definition) is 1. The lowest BCUT2D eigenvalue weighted by atomic mass is 10.0. The third-order valence-electron chi connectivity index (χ3n) is 5.28. The van der Waals surface area contributed by atoms with Gasteiger partial charge in [-0.2, -0.15) is 5.26 Å². The quantitative estimate of drug-likeness (QED) is 0.149. The van der Waals surface area contributed by atoms with E-state index in [1.807, 2.05) is 36.4 Å². The number of amides is 1. The molecule has 0 heterocycles. The Hall–Kier alpha value is -4.96. The molecule has 0 atom stereocenters. The van der Waals surface area contributed by atoms with E-state index >= 15 is 0 Å². The summed E-state index contributed by atoms with van der Waals surface area (Å²) < 4.78 is 25.2. The summed E-state index contributed by atoms with van der Waals surface area (Å²) in [5, 5.41) is 13.6. The summed E-state index contributed by atoms with van der Waals surface area (Å²) in [6.07, 6.45) is 1.34. The fraction of sp³-hybridized carbons (Fsp3) is 0.0690. The maximum absolute atomic E-state index is 13.9. The van der Waals surface area contributed by atoms with Crippen LogP contribution >= 0.6 is 0 Å². The molecule has 0 aliphatic heterocycles. The van der Waals surface area contributed by atoms with Gasteiger partial charge in [-0.05, 0) is 59.7 Å². The molecular formula is C29H21FN2O4. The number of para-hydroxylation sites is 1. The van der Waals surface area contributed by atoms with E-state index in [1.165, 1.54) is 30.3 Å². The van der Waals surface area contributed by atoms with Crippen molar-refractivity contribution in [1.82, 2.24) is 0 Å². The van der Waals surface area contributed by atoms with Crippen molar-refractivity contribution >= 4 is 34.4 Å². The van der Waals surface area contributed by atoms with Gasteiger partial charge in [0.2, 0.25) is 0 Å². The zero-order chi connectivity index (χ0) is 25.5. The van der Waals surface area contributed by atoms with E-state index in [0.717, 1.165) is 10.8 Å². The van der Waals surface area contributed by atoms with Crippen LogP contribution in [0.15, 0.2) is 90.5 Å². The topological polar surface area (TPSA) is 88.4 Å². The SMILES string of the molecule is CCOc1cc(/C=C(/C#N)C(=O)Nc2ccccc2F)ccc1OC(=O)c1cccc2ccccc12. The first kappa shape index (κ1) is 24.2. The molecule has 0 spiro atoms. The first-order valence-corrected chi connectivity index (χ1v) is 11.1. The van der Waals surface area contributed by atoms with Gasteiger partial charge in [0, 0.05) is 0 Å². The van der Waals surface area contributed by atoms with Crippen molar-refractivity contribution in [1.29, 1.82) is 5.26 Å². The molecule has 0 fully saturated rings. The predicted molar refractivity (Wildman–Crippen MR) is 135 cm³/mol. The van der Waals surface area contributed by atoms with Crippen molar-refractivity contribution in [3.05, 3.63) is 107 Å². The van der Waals surface area contributed by atoms with Gasteiger partial charge in [0.15, 0.2) is 11.5 Å². The highest BCUT2D eigenvalue weighted by atomic mass is 19.1. The minimum Gasteiger partial charge on any atom is -0.490 e. The van der Waals surface area contributed by atoms with E-state index < -0.39 is 17.7 Å². The lowest BCUT2D eigenvalue weighted by Crippen LogP contribution is -2.14. The van der Waals surface area contributed by atoms with Crippen LogP contribution in [0.1, 0.15) is 22.8 Å². The molecule has 0 saturated carbocycles. The number of anilines is 1. The highest BCUT2D eigenvalue weighted by molar-refractivity contribution is 6.10. The van der Waals surface area contributed by atoms with E-state index in [4.69, 9.17) is 9.47 Å². The maximum Gasteiger partial charge on any atom is 0.344 e. The molecule has 4 aromatic carbocycles. The Balaban J connectivity index is 1.59. The minimum absolute atomic E-state index is 0.0330. The molecule has 4 aromatic rings. The molecule has 0 aliphatic carbocycles. The summed E-state index contributed by atoms with van der Waals surface area (Å²) >= 11 is 0. The van der Waals surface area contributed by atoms with E-state index in [2.05, 4.69) is 5.32 Å². The van der Waals surface area contributed by atoms with Crippen LogP contribution in [0.25, 0.3) is 16.8 Å². The van der Waals surface area contributed by atoms with Crippen molar-refractivity contribution in [2.45, 2.75) is 6.92 Å². The van der Waals surface area contributed by atoms with Gasteiger partial charge in [-0.25, -0.2) is 9.18 Å². The van der Waals surface area contributed by atoms with Crippen molar-refractivity contribution < 1.29 is 23.5 Å².